The Labute approximate surface area is 147 Å². The number of aliphatic hydroxyl groups is 1. The van der Waals surface area contributed by atoms with Crippen LogP contribution >= 0.6 is 11.3 Å². The van der Waals surface area contributed by atoms with Gasteiger partial charge < -0.3 is 15.7 Å². The molecule has 0 radical (unpaired) electrons. The molecule has 0 unspecified atom stereocenters. The summed E-state index contributed by atoms with van der Waals surface area (Å²) in [5.41, 5.74) is 3.10. The van der Waals surface area contributed by atoms with Crippen molar-refractivity contribution in [2.24, 2.45) is 0 Å². The first-order chi connectivity index (χ1) is 11.4. The minimum absolute atomic E-state index is 0.0303. The molecule has 24 heavy (non-hydrogen) atoms. The van der Waals surface area contributed by atoms with Crippen molar-refractivity contribution in [3.63, 3.8) is 0 Å². The molecule has 6 heteroatoms. The lowest BCUT2D eigenvalue weighted by Gasteiger charge is -2.14. The van der Waals surface area contributed by atoms with Crippen molar-refractivity contribution in [2.75, 3.05) is 6.54 Å². The van der Waals surface area contributed by atoms with Gasteiger partial charge >= 0.3 is 6.03 Å². The van der Waals surface area contributed by atoms with Gasteiger partial charge in [-0.3, -0.25) is 0 Å². The molecule has 1 aromatic heterocycles. The van der Waals surface area contributed by atoms with Crippen molar-refractivity contribution < 1.29 is 9.90 Å². The van der Waals surface area contributed by atoms with E-state index in [4.69, 9.17) is 5.11 Å². The second-order valence-electron chi connectivity index (χ2n) is 6.71. The van der Waals surface area contributed by atoms with Gasteiger partial charge in [0.05, 0.1) is 18.8 Å². The second kappa shape index (κ2) is 8.26. The highest BCUT2D eigenvalue weighted by molar-refractivity contribution is 7.09. The second-order valence-corrected chi connectivity index (χ2v) is 7.65. The average molecular weight is 347 g/mol. The molecule has 0 fully saturated rings. The molecule has 1 aromatic carbocycles. The number of thiazole rings is 1. The predicted octanol–water partition coefficient (Wildman–Crippen LogP) is 2.97. The summed E-state index contributed by atoms with van der Waals surface area (Å²) in [7, 11) is 0. The molecular formula is C18H25N3O2S. The summed E-state index contributed by atoms with van der Waals surface area (Å²) >= 11 is 1.57. The van der Waals surface area contributed by atoms with Crippen LogP contribution in [0.3, 0.4) is 0 Å². The number of amides is 2. The van der Waals surface area contributed by atoms with E-state index in [2.05, 4.69) is 36.4 Å². The SMILES string of the molecule is CC(C)(C)c1csc(CNC(=O)NCCc2ccc(CO)cc2)n1. The lowest BCUT2D eigenvalue weighted by molar-refractivity contribution is 0.240. The number of urea groups is 1. The van der Waals surface area contributed by atoms with E-state index in [0.717, 1.165) is 28.2 Å². The van der Waals surface area contributed by atoms with Crippen molar-refractivity contribution in [3.8, 4) is 0 Å². The van der Waals surface area contributed by atoms with Gasteiger partial charge in [-0.05, 0) is 17.5 Å². The van der Waals surface area contributed by atoms with Crippen molar-refractivity contribution in [1.82, 2.24) is 15.6 Å². The van der Waals surface area contributed by atoms with Crippen LogP contribution in [0.2, 0.25) is 0 Å². The molecule has 130 valence electrons. The third kappa shape index (κ3) is 5.62. The molecule has 0 aliphatic carbocycles. The van der Waals surface area contributed by atoms with Crippen LogP contribution in [-0.2, 0) is 25.0 Å². The normalized spacial score (nSPS) is 11.3. The van der Waals surface area contributed by atoms with Crippen LogP contribution in [0.15, 0.2) is 29.6 Å². The summed E-state index contributed by atoms with van der Waals surface area (Å²) in [4.78, 5) is 16.4. The lowest BCUT2D eigenvalue weighted by Crippen LogP contribution is -2.36. The van der Waals surface area contributed by atoms with Crippen molar-refractivity contribution in [3.05, 3.63) is 51.5 Å². The molecule has 0 aliphatic heterocycles. The lowest BCUT2D eigenvalue weighted by atomic mass is 9.93. The molecule has 5 nitrogen and oxygen atoms in total. The molecule has 1 heterocycles. The third-order valence-electron chi connectivity index (χ3n) is 3.63. The molecular weight excluding hydrogens is 322 g/mol. The van der Waals surface area contributed by atoms with E-state index >= 15 is 0 Å². The van der Waals surface area contributed by atoms with Gasteiger partial charge in [0.1, 0.15) is 5.01 Å². The highest BCUT2D eigenvalue weighted by Gasteiger charge is 2.17. The van der Waals surface area contributed by atoms with Gasteiger partial charge in [-0.2, -0.15) is 0 Å². The number of aromatic nitrogens is 1. The van der Waals surface area contributed by atoms with Crippen LogP contribution < -0.4 is 10.6 Å². The summed E-state index contributed by atoms with van der Waals surface area (Å²) in [6.45, 7) is 7.43. The number of hydrogen-bond donors (Lipinski definition) is 3. The molecule has 2 rings (SSSR count). The van der Waals surface area contributed by atoms with Gasteiger partial charge in [0, 0.05) is 17.3 Å². The Morgan fingerprint density at radius 2 is 1.83 bits per heavy atom. The van der Waals surface area contributed by atoms with E-state index in [1.165, 1.54) is 0 Å². The first-order valence-corrected chi connectivity index (χ1v) is 8.91. The number of nitrogens with zero attached hydrogens (tertiary/aromatic N) is 1. The largest absolute Gasteiger partial charge is 0.392 e. The van der Waals surface area contributed by atoms with Gasteiger partial charge in [0.15, 0.2) is 0 Å². The van der Waals surface area contributed by atoms with Crippen LogP contribution in [0.25, 0.3) is 0 Å². The van der Waals surface area contributed by atoms with Crippen LogP contribution in [0.4, 0.5) is 4.79 Å². The number of carbonyl (C=O) groups is 1. The number of nitrogens with one attached hydrogen (secondary N) is 2. The summed E-state index contributed by atoms with van der Waals surface area (Å²) in [6.07, 6.45) is 0.755. The molecule has 2 aromatic rings. The number of aliphatic hydroxyl groups excluding tert-OH is 1. The first-order valence-electron chi connectivity index (χ1n) is 8.04. The standard InChI is InChI=1S/C18H25N3O2S/c1-18(2,3)15-12-24-16(21-15)10-20-17(23)19-9-8-13-4-6-14(11-22)7-5-13/h4-7,12,22H,8-11H2,1-3H3,(H2,19,20,23). The molecule has 2 amide bonds. The maximum Gasteiger partial charge on any atom is 0.315 e. The van der Waals surface area contributed by atoms with Gasteiger partial charge in [-0.25, -0.2) is 9.78 Å². The smallest absolute Gasteiger partial charge is 0.315 e. The number of benzene rings is 1. The molecule has 3 N–H and O–H groups in total. The zero-order chi connectivity index (χ0) is 17.6. The van der Waals surface area contributed by atoms with Gasteiger partial charge in [-0.1, -0.05) is 45.0 Å². The highest BCUT2D eigenvalue weighted by Crippen LogP contribution is 2.23. The number of rotatable bonds is 6. The van der Waals surface area contributed by atoms with E-state index in [1.54, 1.807) is 11.3 Å². The van der Waals surface area contributed by atoms with E-state index < -0.39 is 0 Å². The number of carbonyl (C=O) groups excluding carboxylic acids is 1. The van der Waals surface area contributed by atoms with E-state index in [0.29, 0.717) is 13.1 Å². The van der Waals surface area contributed by atoms with Crippen molar-refractivity contribution in [2.45, 2.75) is 45.8 Å². The molecule has 0 aliphatic rings. The molecule has 0 saturated heterocycles. The zero-order valence-electron chi connectivity index (χ0n) is 14.4. The number of hydrogen-bond acceptors (Lipinski definition) is 4. The summed E-state index contributed by atoms with van der Waals surface area (Å²) in [5, 5.41) is 17.6. The molecule has 0 saturated carbocycles. The van der Waals surface area contributed by atoms with Crippen LogP contribution in [0.1, 0.15) is 42.6 Å². The fourth-order valence-corrected chi connectivity index (χ4v) is 3.05. The fourth-order valence-electron chi connectivity index (χ4n) is 2.09. The van der Waals surface area contributed by atoms with Crippen LogP contribution in [-0.4, -0.2) is 22.7 Å². The topological polar surface area (TPSA) is 74.2 Å². The summed E-state index contributed by atoms with van der Waals surface area (Å²) < 4.78 is 0. The van der Waals surface area contributed by atoms with Crippen molar-refractivity contribution in [1.29, 1.82) is 0 Å². The Balaban J connectivity index is 1.70. The van der Waals surface area contributed by atoms with Gasteiger partial charge in [-0.15, -0.1) is 11.3 Å². The van der Waals surface area contributed by atoms with E-state index in [9.17, 15) is 4.79 Å². The Kier molecular flexibility index (Phi) is 6.34. The summed E-state index contributed by atoms with van der Waals surface area (Å²) in [6, 6.07) is 7.54. The van der Waals surface area contributed by atoms with Gasteiger partial charge in [0.2, 0.25) is 0 Å². The highest BCUT2D eigenvalue weighted by atomic mass is 32.1. The Bertz CT molecular complexity index is 660. The maximum atomic E-state index is 11.8. The van der Waals surface area contributed by atoms with Crippen LogP contribution in [0.5, 0.6) is 0 Å². The Hall–Kier alpha value is -1.92. The molecule has 0 bridgehead atoms. The van der Waals surface area contributed by atoms with Crippen molar-refractivity contribution >= 4 is 17.4 Å². The molecule has 0 atom stereocenters. The Morgan fingerprint density at radius 3 is 2.42 bits per heavy atom. The predicted molar refractivity (Wildman–Crippen MR) is 97.1 cm³/mol. The monoisotopic (exact) mass is 347 g/mol. The maximum absolute atomic E-state index is 11.8. The minimum Gasteiger partial charge on any atom is -0.392 e. The van der Waals surface area contributed by atoms with Crippen LogP contribution in [0, 0.1) is 0 Å². The van der Waals surface area contributed by atoms with Gasteiger partial charge in [0.25, 0.3) is 0 Å². The molecule has 0 spiro atoms. The third-order valence-corrected chi connectivity index (χ3v) is 4.47. The fraction of sp³-hybridized carbons (Fsp3) is 0.444. The zero-order valence-corrected chi connectivity index (χ0v) is 15.2. The average Bonchev–Trinajstić information content (AvgIpc) is 3.03. The Morgan fingerprint density at radius 1 is 1.17 bits per heavy atom. The quantitative estimate of drug-likeness (QED) is 0.752. The first kappa shape index (κ1) is 18.4. The van der Waals surface area contributed by atoms with E-state index in [1.807, 2.05) is 29.6 Å². The minimum atomic E-state index is -0.186. The summed E-state index contributed by atoms with van der Waals surface area (Å²) in [5.74, 6) is 0. The van der Waals surface area contributed by atoms with E-state index in [-0.39, 0.29) is 18.1 Å².